The molecule has 0 heterocycles. The van der Waals surface area contributed by atoms with Crippen molar-refractivity contribution in [3.8, 4) is 0 Å². The summed E-state index contributed by atoms with van der Waals surface area (Å²) in [7, 11) is 1.95. The summed E-state index contributed by atoms with van der Waals surface area (Å²) in [6, 6.07) is 5.54. The molecule has 0 fully saturated rings. The zero-order valence-electron chi connectivity index (χ0n) is 12.3. The first-order chi connectivity index (χ1) is 8.31. The molecule has 1 rings (SSSR count). The Balaban J connectivity index is 2.65. The van der Waals surface area contributed by atoms with Crippen LogP contribution in [0, 0.1) is 18.2 Å². The number of halogens is 1. The van der Waals surface area contributed by atoms with E-state index < -0.39 is 0 Å². The highest BCUT2D eigenvalue weighted by molar-refractivity contribution is 5.26. The van der Waals surface area contributed by atoms with Gasteiger partial charge in [-0.25, -0.2) is 4.39 Å². The van der Waals surface area contributed by atoms with Gasteiger partial charge in [0, 0.05) is 6.04 Å². The molecule has 0 aliphatic rings. The van der Waals surface area contributed by atoms with Gasteiger partial charge in [0.25, 0.3) is 0 Å². The van der Waals surface area contributed by atoms with Crippen LogP contribution in [0.3, 0.4) is 0 Å². The summed E-state index contributed by atoms with van der Waals surface area (Å²) in [6.07, 6.45) is 3.40. The summed E-state index contributed by atoms with van der Waals surface area (Å²) in [4.78, 5) is 0. The lowest BCUT2D eigenvalue weighted by molar-refractivity contribution is 0.347. The molecule has 2 heteroatoms. The normalized spacial score (nSPS) is 13.7. The topological polar surface area (TPSA) is 12.0 Å². The fourth-order valence-corrected chi connectivity index (χ4v) is 2.28. The number of hydrogen-bond acceptors (Lipinski definition) is 1. The van der Waals surface area contributed by atoms with E-state index in [0.717, 1.165) is 24.0 Å². The smallest absolute Gasteiger partial charge is 0.123 e. The first-order valence-electron chi connectivity index (χ1n) is 6.76. The Hall–Kier alpha value is -0.890. The largest absolute Gasteiger partial charge is 0.313 e. The highest BCUT2D eigenvalue weighted by Crippen LogP contribution is 2.26. The second kappa shape index (κ2) is 6.33. The van der Waals surface area contributed by atoms with Gasteiger partial charge in [-0.15, -0.1) is 0 Å². The lowest BCUT2D eigenvalue weighted by atomic mass is 9.88. The standard InChI is InChI=1S/C16H26FN/c1-12-9-13(11-14(17)10-12)15(18-5)7-6-8-16(2,3)4/h9-11,15,18H,6-8H2,1-5H3. The van der Waals surface area contributed by atoms with E-state index >= 15 is 0 Å². The van der Waals surface area contributed by atoms with Gasteiger partial charge in [-0.2, -0.15) is 0 Å². The maximum atomic E-state index is 13.4. The van der Waals surface area contributed by atoms with E-state index in [4.69, 9.17) is 0 Å². The van der Waals surface area contributed by atoms with E-state index in [0.29, 0.717) is 5.41 Å². The minimum atomic E-state index is -0.138. The van der Waals surface area contributed by atoms with Crippen molar-refractivity contribution in [1.29, 1.82) is 0 Å². The van der Waals surface area contributed by atoms with Crippen LogP contribution in [-0.4, -0.2) is 7.05 Å². The van der Waals surface area contributed by atoms with Gasteiger partial charge in [0.2, 0.25) is 0 Å². The third-order valence-corrected chi connectivity index (χ3v) is 3.23. The first-order valence-corrected chi connectivity index (χ1v) is 6.76. The van der Waals surface area contributed by atoms with Gasteiger partial charge >= 0.3 is 0 Å². The lowest BCUT2D eigenvalue weighted by Gasteiger charge is -2.21. The van der Waals surface area contributed by atoms with Crippen LogP contribution in [0.2, 0.25) is 0 Å². The summed E-state index contributed by atoms with van der Waals surface area (Å²) >= 11 is 0. The lowest BCUT2D eigenvalue weighted by Crippen LogP contribution is -2.17. The fourth-order valence-electron chi connectivity index (χ4n) is 2.28. The maximum Gasteiger partial charge on any atom is 0.123 e. The van der Waals surface area contributed by atoms with Gasteiger partial charge in [0.05, 0.1) is 0 Å². The molecule has 1 atom stereocenters. The molecule has 1 nitrogen and oxygen atoms in total. The number of aryl methyl sites for hydroxylation is 1. The van der Waals surface area contributed by atoms with E-state index in [1.54, 1.807) is 12.1 Å². The molecule has 0 aliphatic heterocycles. The third kappa shape index (κ3) is 5.18. The van der Waals surface area contributed by atoms with Crippen LogP contribution in [0.5, 0.6) is 0 Å². The molecule has 0 amide bonds. The van der Waals surface area contributed by atoms with Crippen molar-refractivity contribution >= 4 is 0 Å². The average Bonchev–Trinajstić information content (AvgIpc) is 2.21. The predicted octanol–water partition coefficient (Wildman–Crippen LogP) is 4.61. The van der Waals surface area contributed by atoms with Crippen molar-refractivity contribution in [2.24, 2.45) is 5.41 Å². The molecule has 1 N–H and O–H groups in total. The highest BCUT2D eigenvalue weighted by Gasteiger charge is 2.14. The average molecular weight is 251 g/mol. The van der Waals surface area contributed by atoms with Crippen LogP contribution >= 0.6 is 0 Å². The Morgan fingerprint density at radius 1 is 1.22 bits per heavy atom. The molecule has 102 valence electrons. The summed E-state index contributed by atoms with van der Waals surface area (Å²) in [6.45, 7) is 8.71. The Morgan fingerprint density at radius 2 is 1.89 bits per heavy atom. The van der Waals surface area contributed by atoms with E-state index in [1.165, 1.54) is 6.42 Å². The summed E-state index contributed by atoms with van der Waals surface area (Å²) in [5, 5.41) is 3.29. The summed E-state index contributed by atoms with van der Waals surface area (Å²) in [5.74, 6) is -0.138. The molecule has 0 aromatic heterocycles. The molecule has 0 saturated heterocycles. The van der Waals surface area contributed by atoms with Crippen LogP contribution < -0.4 is 5.32 Å². The van der Waals surface area contributed by atoms with E-state index in [2.05, 4.69) is 32.2 Å². The Kier molecular flexibility index (Phi) is 5.33. The molecule has 1 unspecified atom stereocenters. The van der Waals surface area contributed by atoms with Crippen LogP contribution in [0.15, 0.2) is 18.2 Å². The maximum absolute atomic E-state index is 13.4. The van der Waals surface area contributed by atoms with Crippen LogP contribution in [-0.2, 0) is 0 Å². The molecule has 18 heavy (non-hydrogen) atoms. The van der Waals surface area contributed by atoms with Crippen molar-refractivity contribution < 1.29 is 4.39 Å². The Morgan fingerprint density at radius 3 is 2.39 bits per heavy atom. The van der Waals surface area contributed by atoms with E-state index in [9.17, 15) is 4.39 Å². The van der Waals surface area contributed by atoms with E-state index in [-0.39, 0.29) is 11.9 Å². The molecular weight excluding hydrogens is 225 g/mol. The van der Waals surface area contributed by atoms with Crippen molar-refractivity contribution in [1.82, 2.24) is 5.32 Å². The molecule has 0 spiro atoms. The zero-order valence-corrected chi connectivity index (χ0v) is 12.3. The summed E-state index contributed by atoms with van der Waals surface area (Å²) < 4.78 is 13.4. The fraction of sp³-hybridized carbons (Fsp3) is 0.625. The number of nitrogens with one attached hydrogen (secondary N) is 1. The first kappa shape index (κ1) is 15.2. The Labute approximate surface area is 111 Å². The van der Waals surface area contributed by atoms with Gasteiger partial charge in [-0.3, -0.25) is 0 Å². The zero-order chi connectivity index (χ0) is 13.8. The number of benzene rings is 1. The number of rotatable bonds is 5. The van der Waals surface area contributed by atoms with Crippen molar-refractivity contribution in [3.63, 3.8) is 0 Å². The van der Waals surface area contributed by atoms with Gasteiger partial charge in [-0.1, -0.05) is 33.3 Å². The molecular formula is C16H26FN. The molecule has 0 radical (unpaired) electrons. The minimum Gasteiger partial charge on any atom is -0.313 e. The molecule has 0 bridgehead atoms. The SMILES string of the molecule is CNC(CCCC(C)(C)C)c1cc(C)cc(F)c1. The monoisotopic (exact) mass is 251 g/mol. The van der Waals surface area contributed by atoms with Gasteiger partial charge in [-0.05, 0) is 55.5 Å². The van der Waals surface area contributed by atoms with Crippen LogP contribution in [0.1, 0.15) is 57.2 Å². The minimum absolute atomic E-state index is 0.138. The number of hydrogen-bond donors (Lipinski definition) is 1. The van der Waals surface area contributed by atoms with Crippen molar-refractivity contribution in [2.75, 3.05) is 7.05 Å². The molecule has 1 aromatic carbocycles. The third-order valence-electron chi connectivity index (χ3n) is 3.23. The van der Waals surface area contributed by atoms with Gasteiger partial charge in [0.1, 0.15) is 5.82 Å². The second-order valence-corrected chi connectivity index (χ2v) is 6.36. The van der Waals surface area contributed by atoms with Crippen LogP contribution in [0.25, 0.3) is 0 Å². The highest BCUT2D eigenvalue weighted by atomic mass is 19.1. The predicted molar refractivity (Wildman–Crippen MR) is 76.2 cm³/mol. The van der Waals surface area contributed by atoms with Gasteiger partial charge < -0.3 is 5.32 Å². The van der Waals surface area contributed by atoms with Crippen LogP contribution in [0.4, 0.5) is 4.39 Å². The molecule has 0 saturated carbocycles. The quantitative estimate of drug-likeness (QED) is 0.805. The second-order valence-electron chi connectivity index (χ2n) is 6.36. The van der Waals surface area contributed by atoms with Crippen molar-refractivity contribution in [3.05, 3.63) is 35.1 Å². The van der Waals surface area contributed by atoms with Gasteiger partial charge in [0.15, 0.2) is 0 Å². The van der Waals surface area contributed by atoms with E-state index in [1.807, 2.05) is 14.0 Å². The molecule has 0 aliphatic carbocycles. The Bertz CT molecular complexity index is 359. The summed E-state index contributed by atoms with van der Waals surface area (Å²) in [5.41, 5.74) is 2.42. The molecule has 1 aromatic rings. The van der Waals surface area contributed by atoms with Crippen molar-refractivity contribution in [2.45, 2.75) is 53.0 Å².